The molecule has 11 rings (SSSR count). The summed E-state index contributed by atoms with van der Waals surface area (Å²) in [5, 5.41) is 2.37. The molecule has 2 aliphatic heterocycles. The maximum atomic E-state index is 5.55. The van der Waals surface area contributed by atoms with Crippen molar-refractivity contribution >= 4 is 57.1 Å². The molecule has 0 amide bonds. The molecule has 5 heterocycles. The Labute approximate surface area is 336 Å². The predicted molar refractivity (Wildman–Crippen MR) is 244 cm³/mol. The highest BCUT2D eigenvalue weighted by Gasteiger charge is 2.21. The van der Waals surface area contributed by atoms with Crippen LogP contribution in [0.1, 0.15) is 22.8 Å². The van der Waals surface area contributed by atoms with Gasteiger partial charge in [-0.05, 0) is 81.1 Å². The monoisotopic (exact) mass is 740 g/mol. The molecule has 4 heteroatoms. The Bertz CT molecular complexity index is 3240. The Morgan fingerprint density at radius 2 is 0.724 bits per heavy atom. The summed E-state index contributed by atoms with van der Waals surface area (Å²) >= 11 is 0. The maximum Gasteiger partial charge on any atom is 0.0737 e. The van der Waals surface area contributed by atoms with Gasteiger partial charge in [-0.3, -0.25) is 0 Å². The SMILES string of the molecule is C1=Cc2nc1c(-c1ccccc1)c1ccc([nH]1)c(-c1ccccc1)c1nc(c(-c3ccccc3)c3[nH]c(cc3-c3cccc4ccccc34)c2-c2ccccc2)C=C1. The Morgan fingerprint density at radius 1 is 0.310 bits per heavy atom. The lowest BCUT2D eigenvalue weighted by atomic mass is 9.95. The summed E-state index contributed by atoms with van der Waals surface area (Å²) < 4.78 is 0. The first-order chi connectivity index (χ1) is 28.8. The average Bonchev–Trinajstić information content (AvgIpc) is 4.13. The van der Waals surface area contributed by atoms with Crippen LogP contribution in [0.4, 0.5) is 0 Å². The van der Waals surface area contributed by atoms with Gasteiger partial charge < -0.3 is 9.97 Å². The van der Waals surface area contributed by atoms with Crippen LogP contribution in [0.15, 0.2) is 182 Å². The maximum absolute atomic E-state index is 5.55. The normalized spacial score (nSPS) is 12.0. The smallest absolute Gasteiger partial charge is 0.0737 e. The van der Waals surface area contributed by atoms with E-state index in [0.29, 0.717) is 0 Å². The average molecular weight is 741 g/mol. The van der Waals surface area contributed by atoms with Gasteiger partial charge in [-0.15, -0.1) is 0 Å². The number of aromatic nitrogens is 4. The summed E-state index contributed by atoms with van der Waals surface area (Å²) in [7, 11) is 0. The lowest BCUT2D eigenvalue weighted by molar-refractivity contribution is 1.31. The van der Waals surface area contributed by atoms with Gasteiger partial charge >= 0.3 is 0 Å². The minimum absolute atomic E-state index is 0.884. The molecule has 8 bridgehead atoms. The van der Waals surface area contributed by atoms with E-state index in [9.17, 15) is 0 Å². The Kier molecular flexibility index (Phi) is 8.11. The fraction of sp³-hybridized carbons (Fsp3) is 0. The minimum Gasteiger partial charge on any atom is -0.354 e. The van der Waals surface area contributed by atoms with Crippen molar-refractivity contribution in [1.82, 2.24) is 19.9 Å². The zero-order valence-electron chi connectivity index (χ0n) is 31.5. The minimum atomic E-state index is 0.884. The fourth-order valence-corrected chi connectivity index (χ4v) is 8.59. The van der Waals surface area contributed by atoms with Crippen molar-refractivity contribution in [2.75, 3.05) is 0 Å². The Morgan fingerprint density at radius 3 is 1.24 bits per heavy atom. The topological polar surface area (TPSA) is 57.4 Å². The van der Waals surface area contributed by atoms with Gasteiger partial charge in [0.25, 0.3) is 0 Å². The quantitative estimate of drug-likeness (QED) is 0.185. The highest BCUT2D eigenvalue weighted by atomic mass is 14.8. The summed E-state index contributed by atoms with van der Waals surface area (Å²) in [6.07, 6.45) is 8.65. The third kappa shape index (κ3) is 5.78. The molecule has 58 heavy (non-hydrogen) atoms. The number of aromatic amines is 2. The van der Waals surface area contributed by atoms with Crippen molar-refractivity contribution in [3.8, 4) is 55.6 Å². The van der Waals surface area contributed by atoms with Gasteiger partial charge in [-0.25, -0.2) is 9.97 Å². The van der Waals surface area contributed by atoms with E-state index in [1.807, 2.05) is 0 Å². The van der Waals surface area contributed by atoms with Crippen LogP contribution in [0.5, 0.6) is 0 Å². The molecule has 0 aliphatic carbocycles. The van der Waals surface area contributed by atoms with Crippen LogP contribution in [-0.2, 0) is 0 Å². The van der Waals surface area contributed by atoms with Gasteiger partial charge in [-0.1, -0.05) is 164 Å². The number of hydrogen-bond donors (Lipinski definition) is 2. The third-order valence-electron chi connectivity index (χ3n) is 11.2. The van der Waals surface area contributed by atoms with Gasteiger partial charge in [0.15, 0.2) is 0 Å². The molecular weight excluding hydrogens is 705 g/mol. The standard InChI is InChI=1S/C54H36N4/c1-5-17-36(18-6-1)50-43-28-29-44(55-43)51(37-19-7-2-8-20-37)46-32-33-48(57-46)53(39-23-11-4-12-24-39)54-42(41-27-15-25-35-16-13-14-26-40(35)41)34-49(58-54)52(38-21-9-3-10-22-38)47-31-30-45(50)56-47/h1-34,55,58H. The van der Waals surface area contributed by atoms with E-state index in [4.69, 9.17) is 9.97 Å². The van der Waals surface area contributed by atoms with E-state index in [1.54, 1.807) is 0 Å². The highest BCUT2D eigenvalue weighted by molar-refractivity contribution is 6.08. The summed E-state index contributed by atoms with van der Waals surface area (Å²) in [6.45, 7) is 0. The summed E-state index contributed by atoms with van der Waals surface area (Å²) in [5.74, 6) is 0. The molecular formula is C54H36N4. The summed E-state index contributed by atoms with van der Waals surface area (Å²) in [6, 6.07) is 64.2. The number of benzene rings is 6. The Balaban J connectivity index is 1.39. The van der Waals surface area contributed by atoms with Crippen LogP contribution >= 0.6 is 0 Å². The third-order valence-corrected chi connectivity index (χ3v) is 11.2. The van der Waals surface area contributed by atoms with Gasteiger partial charge in [0.05, 0.1) is 28.3 Å². The number of fused-ring (bicyclic) bond motifs is 9. The van der Waals surface area contributed by atoms with Gasteiger partial charge in [0, 0.05) is 44.4 Å². The molecule has 9 aromatic rings. The van der Waals surface area contributed by atoms with Crippen molar-refractivity contribution in [2.45, 2.75) is 0 Å². The zero-order valence-corrected chi connectivity index (χ0v) is 31.5. The van der Waals surface area contributed by atoms with Crippen LogP contribution in [-0.4, -0.2) is 19.9 Å². The highest BCUT2D eigenvalue weighted by Crippen LogP contribution is 2.42. The molecule has 0 saturated heterocycles. The molecule has 0 radical (unpaired) electrons. The first-order valence-corrected chi connectivity index (χ1v) is 19.7. The predicted octanol–water partition coefficient (Wildman–Crippen LogP) is 14.1. The summed E-state index contributed by atoms with van der Waals surface area (Å²) in [4.78, 5) is 18.9. The molecule has 3 aromatic heterocycles. The lowest BCUT2D eigenvalue weighted by Crippen LogP contribution is -1.90. The molecule has 2 aliphatic rings. The molecule has 272 valence electrons. The largest absolute Gasteiger partial charge is 0.354 e. The molecule has 0 atom stereocenters. The van der Waals surface area contributed by atoms with Crippen LogP contribution in [0.3, 0.4) is 0 Å². The van der Waals surface area contributed by atoms with E-state index in [-0.39, 0.29) is 0 Å². The molecule has 0 spiro atoms. The van der Waals surface area contributed by atoms with Crippen molar-refractivity contribution < 1.29 is 0 Å². The van der Waals surface area contributed by atoms with E-state index in [0.717, 1.165) is 100 Å². The molecule has 0 saturated carbocycles. The number of H-pyrrole nitrogens is 2. The van der Waals surface area contributed by atoms with E-state index in [2.05, 4.69) is 216 Å². The molecule has 0 unspecified atom stereocenters. The van der Waals surface area contributed by atoms with Crippen LogP contribution in [0.2, 0.25) is 0 Å². The zero-order chi connectivity index (χ0) is 38.4. The van der Waals surface area contributed by atoms with Gasteiger partial charge in [-0.2, -0.15) is 0 Å². The molecule has 0 fully saturated rings. The molecule has 2 N–H and O–H groups in total. The van der Waals surface area contributed by atoms with Crippen LogP contribution in [0.25, 0.3) is 113 Å². The van der Waals surface area contributed by atoms with Crippen molar-refractivity contribution in [3.05, 3.63) is 205 Å². The number of nitrogens with one attached hydrogen (secondary N) is 2. The second-order valence-electron chi connectivity index (χ2n) is 14.7. The second kappa shape index (κ2) is 14.0. The number of nitrogens with zero attached hydrogens (tertiary/aromatic N) is 2. The second-order valence-corrected chi connectivity index (χ2v) is 14.7. The van der Waals surface area contributed by atoms with Crippen LogP contribution < -0.4 is 0 Å². The first kappa shape index (κ1) is 33.5. The van der Waals surface area contributed by atoms with Gasteiger partial charge in [0.2, 0.25) is 0 Å². The van der Waals surface area contributed by atoms with Crippen molar-refractivity contribution in [1.29, 1.82) is 0 Å². The molecule has 4 nitrogen and oxygen atoms in total. The Hall–Kier alpha value is -7.82. The lowest BCUT2D eigenvalue weighted by Gasteiger charge is -2.09. The fourth-order valence-electron chi connectivity index (χ4n) is 8.59. The van der Waals surface area contributed by atoms with E-state index in [1.165, 1.54) is 10.8 Å². The molecule has 6 aromatic carbocycles. The van der Waals surface area contributed by atoms with Crippen molar-refractivity contribution in [2.24, 2.45) is 0 Å². The van der Waals surface area contributed by atoms with E-state index < -0.39 is 0 Å². The van der Waals surface area contributed by atoms with E-state index >= 15 is 0 Å². The first-order valence-electron chi connectivity index (χ1n) is 19.7. The number of rotatable bonds is 5. The van der Waals surface area contributed by atoms with Crippen LogP contribution in [0, 0.1) is 0 Å². The number of hydrogen-bond acceptors (Lipinski definition) is 2. The summed E-state index contributed by atoms with van der Waals surface area (Å²) in [5.41, 5.74) is 18.1. The van der Waals surface area contributed by atoms with Crippen molar-refractivity contribution in [3.63, 3.8) is 0 Å². The van der Waals surface area contributed by atoms with Gasteiger partial charge in [0.1, 0.15) is 0 Å².